The summed E-state index contributed by atoms with van der Waals surface area (Å²) in [6.07, 6.45) is 1.01. The number of methoxy groups -OCH3 is 1. The highest BCUT2D eigenvalue weighted by Gasteiger charge is 2.19. The van der Waals surface area contributed by atoms with Gasteiger partial charge in [0.1, 0.15) is 12.3 Å². The third-order valence-electron chi connectivity index (χ3n) is 2.03. The zero-order valence-electron chi connectivity index (χ0n) is 9.38. The number of anilines is 1. The van der Waals surface area contributed by atoms with E-state index in [2.05, 4.69) is 0 Å². The molecule has 0 N–H and O–H groups in total. The van der Waals surface area contributed by atoms with Crippen LogP contribution in [-0.4, -0.2) is 33.6 Å². The molecule has 0 aliphatic rings. The molecule has 0 heterocycles. The normalized spacial score (nSPS) is 11.0. The molecule has 0 saturated heterocycles. The van der Waals surface area contributed by atoms with Crippen LogP contribution in [0.4, 0.5) is 5.69 Å². The van der Waals surface area contributed by atoms with E-state index < -0.39 is 21.8 Å². The van der Waals surface area contributed by atoms with Gasteiger partial charge in [-0.05, 0) is 35.9 Å². The number of rotatable bonds is 5. The van der Waals surface area contributed by atoms with Gasteiger partial charge in [0.15, 0.2) is 0 Å². The van der Waals surface area contributed by atoms with Crippen LogP contribution in [0.5, 0.6) is 5.75 Å². The molecule has 0 unspecified atom stereocenters. The first-order valence-electron chi connectivity index (χ1n) is 4.64. The second-order valence-corrected chi connectivity index (χ2v) is 5.65. The van der Waals surface area contributed by atoms with Crippen molar-refractivity contribution in [1.29, 1.82) is 0 Å². The van der Waals surface area contributed by atoms with Gasteiger partial charge < -0.3 is 4.74 Å². The molecule has 1 aromatic rings. The van der Waals surface area contributed by atoms with Crippen molar-refractivity contribution >= 4 is 32.6 Å². The Morgan fingerprint density at radius 3 is 2.24 bits per heavy atom. The van der Waals surface area contributed by atoms with Crippen molar-refractivity contribution in [2.24, 2.45) is 0 Å². The molecule has 0 aliphatic heterocycles. The van der Waals surface area contributed by atoms with E-state index in [0.29, 0.717) is 11.4 Å². The van der Waals surface area contributed by atoms with Crippen molar-refractivity contribution in [3.63, 3.8) is 0 Å². The van der Waals surface area contributed by atoms with E-state index in [0.717, 1.165) is 10.6 Å². The number of halogens is 1. The van der Waals surface area contributed by atoms with E-state index in [1.807, 2.05) is 0 Å². The molecule has 17 heavy (non-hydrogen) atoms. The number of hydrogen-bond donors (Lipinski definition) is 0. The Morgan fingerprint density at radius 2 is 1.88 bits per heavy atom. The van der Waals surface area contributed by atoms with Crippen LogP contribution in [0.3, 0.4) is 0 Å². The van der Waals surface area contributed by atoms with Crippen molar-refractivity contribution in [2.45, 2.75) is 0 Å². The minimum absolute atomic E-state index is 0.363. The van der Waals surface area contributed by atoms with Gasteiger partial charge in [-0.15, -0.1) is 0 Å². The number of nitrogens with zero attached hydrogens (tertiary/aromatic N) is 1. The first kappa shape index (κ1) is 13.8. The molecular weight excluding hydrogens is 266 g/mol. The molecule has 1 rings (SSSR count). The highest BCUT2D eigenvalue weighted by Crippen LogP contribution is 2.21. The summed E-state index contributed by atoms with van der Waals surface area (Å²) < 4.78 is 28.9. The molecular formula is C10H12ClNO4S. The van der Waals surface area contributed by atoms with Crippen molar-refractivity contribution in [3.05, 3.63) is 24.3 Å². The predicted molar refractivity (Wildman–Crippen MR) is 66.0 cm³/mol. The molecule has 0 aromatic heterocycles. The zero-order chi connectivity index (χ0) is 13.1. The predicted octanol–water partition coefficient (Wildman–Crippen LogP) is 1.23. The van der Waals surface area contributed by atoms with Crippen LogP contribution in [0, 0.1) is 0 Å². The quantitative estimate of drug-likeness (QED) is 0.760. The summed E-state index contributed by atoms with van der Waals surface area (Å²) >= 11 is 5.22. The van der Waals surface area contributed by atoms with Crippen LogP contribution < -0.4 is 9.04 Å². The highest BCUT2D eigenvalue weighted by molar-refractivity contribution is 7.92. The summed E-state index contributed by atoms with van der Waals surface area (Å²) in [5, 5.41) is -0.744. The summed E-state index contributed by atoms with van der Waals surface area (Å²) in [6.45, 7) is -0.396. The van der Waals surface area contributed by atoms with Gasteiger partial charge in [0.05, 0.1) is 19.1 Å². The standard InChI is InChI=1S/C10H12ClNO4S/c1-16-9-5-3-8(4-6-9)12(7-10(11)13)17(2,14)15/h3-6H,7H2,1-2H3. The van der Waals surface area contributed by atoms with Crippen LogP contribution in [0.25, 0.3) is 0 Å². The monoisotopic (exact) mass is 277 g/mol. The lowest BCUT2D eigenvalue weighted by Crippen LogP contribution is -2.33. The lowest BCUT2D eigenvalue weighted by molar-refractivity contribution is -0.110. The fraction of sp³-hybridized carbons (Fsp3) is 0.300. The van der Waals surface area contributed by atoms with Gasteiger partial charge in [-0.1, -0.05) is 0 Å². The van der Waals surface area contributed by atoms with Gasteiger partial charge in [-0.3, -0.25) is 9.10 Å². The van der Waals surface area contributed by atoms with E-state index in [-0.39, 0.29) is 0 Å². The average molecular weight is 278 g/mol. The summed E-state index contributed by atoms with van der Waals surface area (Å²) in [5.41, 5.74) is 0.363. The lowest BCUT2D eigenvalue weighted by atomic mass is 10.3. The van der Waals surface area contributed by atoms with Crippen molar-refractivity contribution in [2.75, 3.05) is 24.2 Å². The maximum Gasteiger partial charge on any atom is 0.242 e. The Kier molecular flexibility index (Phi) is 4.36. The second-order valence-electron chi connectivity index (χ2n) is 3.32. The smallest absolute Gasteiger partial charge is 0.242 e. The van der Waals surface area contributed by atoms with Crippen LogP contribution in [0.1, 0.15) is 0 Å². The molecule has 94 valence electrons. The molecule has 0 amide bonds. The Labute approximate surface area is 105 Å². The third kappa shape index (κ3) is 3.90. The van der Waals surface area contributed by atoms with E-state index in [9.17, 15) is 13.2 Å². The van der Waals surface area contributed by atoms with Crippen LogP contribution in [0.2, 0.25) is 0 Å². The first-order valence-corrected chi connectivity index (χ1v) is 6.87. The SMILES string of the molecule is COc1ccc(N(CC(=O)Cl)S(C)(=O)=O)cc1. The Morgan fingerprint density at radius 1 is 1.35 bits per heavy atom. The van der Waals surface area contributed by atoms with Crippen molar-refractivity contribution in [1.82, 2.24) is 0 Å². The second kappa shape index (κ2) is 5.37. The van der Waals surface area contributed by atoms with Gasteiger partial charge in [0.2, 0.25) is 15.3 Å². The topological polar surface area (TPSA) is 63.7 Å². The van der Waals surface area contributed by atoms with E-state index >= 15 is 0 Å². The van der Waals surface area contributed by atoms with Gasteiger partial charge in [0, 0.05) is 0 Å². The minimum atomic E-state index is -3.55. The van der Waals surface area contributed by atoms with Gasteiger partial charge >= 0.3 is 0 Å². The minimum Gasteiger partial charge on any atom is -0.497 e. The Bertz CT molecular complexity index is 498. The van der Waals surface area contributed by atoms with E-state index in [1.54, 1.807) is 24.3 Å². The number of sulfonamides is 1. The zero-order valence-corrected chi connectivity index (χ0v) is 11.0. The van der Waals surface area contributed by atoms with Crippen molar-refractivity contribution in [3.8, 4) is 5.75 Å². The fourth-order valence-electron chi connectivity index (χ4n) is 1.26. The average Bonchev–Trinajstić information content (AvgIpc) is 2.24. The number of carbonyl (C=O) groups is 1. The largest absolute Gasteiger partial charge is 0.497 e. The first-order chi connectivity index (χ1) is 7.84. The molecule has 7 heteroatoms. The highest BCUT2D eigenvalue weighted by atomic mass is 35.5. The molecule has 0 bridgehead atoms. The lowest BCUT2D eigenvalue weighted by Gasteiger charge is -2.20. The molecule has 0 spiro atoms. The summed E-state index contributed by atoms with van der Waals surface area (Å²) in [5.74, 6) is 0.597. The molecule has 0 saturated carbocycles. The van der Waals surface area contributed by atoms with Gasteiger partial charge in [-0.25, -0.2) is 8.42 Å². The van der Waals surface area contributed by atoms with E-state index in [4.69, 9.17) is 16.3 Å². The summed E-state index contributed by atoms with van der Waals surface area (Å²) in [4.78, 5) is 10.8. The molecule has 5 nitrogen and oxygen atoms in total. The molecule has 0 aliphatic carbocycles. The maximum absolute atomic E-state index is 11.5. The van der Waals surface area contributed by atoms with Crippen LogP contribution in [-0.2, 0) is 14.8 Å². The van der Waals surface area contributed by atoms with Gasteiger partial charge in [-0.2, -0.15) is 0 Å². The Balaban J connectivity index is 3.09. The van der Waals surface area contributed by atoms with E-state index in [1.165, 1.54) is 7.11 Å². The molecule has 0 radical (unpaired) electrons. The van der Waals surface area contributed by atoms with Crippen molar-refractivity contribution < 1.29 is 17.9 Å². The van der Waals surface area contributed by atoms with Gasteiger partial charge in [0.25, 0.3) is 0 Å². The fourth-order valence-corrected chi connectivity index (χ4v) is 2.31. The maximum atomic E-state index is 11.5. The van der Waals surface area contributed by atoms with Crippen LogP contribution in [0.15, 0.2) is 24.3 Å². The Hall–Kier alpha value is -1.27. The summed E-state index contributed by atoms with van der Waals surface area (Å²) in [7, 11) is -2.04. The molecule has 1 aromatic carbocycles. The molecule has 0 atom stereocenters. The summed E-state index contributed by atoms with van der Waals surface area (Å²) in [6, 6.07) is 6.29. The molecule has 0 fully saturated rings. The number of hydrogen-bond acceptors (Lipinski definition) is 4. The number of benzene rings is 1. The third-order valence-corrected chi connectivity index (χ3v) is 3.29. The number of carbonyl (C=O) groups excluding carboxylic acids is 1. The number of ether oxygens (including phenoxy) is 1. The van der Waals surface area contributed by atoms with Crippen LogP contribution >= 0.6 is 11.6 Å².